The summed E-state index contributed by atoms with van der Waals surface area (Å²) in [4.78, 5) is 3.90. The molecule has 0 aliphatic rings. The molecule has 50 valence electrons. The number of pyridine rings is 1. The quantitative estimate of drug-likeness (QED) is 0.537. The van der Waals surface area contributed by atoms with E-state index in [4.69, 9.17) is 5.26 Å². The molecule has 0 unspecified atom stereocenters. The minimum absolute atomic E-state index is 0.489. The average Bonchev–Trinajstić information content (AvgIpc) is 1.95. The van der Waals surface area contributed by atoms with Gasteiger partial charge in [0.25, 0.3) is 0 Å². The summed E-state index contributed by atoms with van der Waals surface area (Å²) < 4.78 is 0. The highest BCUT2D eigenvalue weighted by Gasteiger charge is 1.94. The average molecular weight is 132 g/mol. The maximum absolute atomic E-state index is 8.44. The first-order valence-electron chi connectivity index (χ1n) is 3.07. The standard InChI is InChI=1S/C8H8N2/c1-6-3-8(4-9)10-5-7(6)2/h3,5H,1-2H3. The van der Waals surface area contributed by atoms with Crippen LogP contribution in [-0.2, 0) is 0 Å². The highest BCUT2D eigenvalue weighted by molar-refractivity contribution is 5.29. The fourth-order valence-corrected chi connectivity index (χ4v) is 0.686. The van der Waals surface area contributed by atoms with Gasteiger partial charge in [0.2, 0.25) is 0 Å². The summed E-state index contributed by atoms with van der Waals surface area (Å²) in [6, 6.07) is 3.77. The van der Waals surface area contributed by atoms with Crippen molar-refractivity contribution in [1.82, 2.24) is 4.98 Å². The van der Waals surface area contributed by atoms with Crippen molar-refractivity contribution in [3.8, 4) is 6.07 Å². The normalized spacial score (nSPS) is 8.90. The Morgan fingerprint density at radius 1 is 1.40 bits per heavy atom. The molecule has 2 nitrogen and oxygen atoms in total. The third-order valence-corrected chi connectivity index (χ3v) is 1.49. The van der Waals surface area contributed by atoms with Gasteiger partial charge in [0.1, 0.15) is 11.8 Å². The second kappa shape index (κ2) is 2.49. The van der Waals surface area contributed by atoms with Crippen molar-refractivity contribution in [2.24, 2.45) is 0 Å². The Hall–Kier alpha value is -1.36. The lowest BCUT2D eigenvalue weighted by atomic mass is 10.2. The number of hydrogen-bond donors (Lipinski definition) is 0. The smallest absolute Gasteiger partial charge is 0.140 e. The van der Waals surface area contributed by atoms with Crippen LogP contribution in [0.2, 0.25) is 0 Å². The lowest BCUT2D eigenvalue weighted by molar-refractivity contribution is 1.18. The number of rotatable bonds is 0. The Balaban J connectivity index is 3.20. The lowest BCUT2D eigenvalue weighted by Crippen LogP contribution is -1.86. The third-order valence-electron chi connectivity index (χ3n) is 1.49. The van der Waals surface area contributed by atoms with Crippen LogP contribution in [0.5, 0.6) is 0 Å². The number of aryl methyl sites for hydroxylation is 2. The van der Waals surface area contributed by atoms with Crippen LogP contribution in [0.4, 0.5) is 0 Å². The fraction of sp³-hybridized carbons (Fsp3) is 0.250. The first-order chi connectivity index (χ1) is 4.74. The number of nitriles is 1. The molecule has 0 spiro atoms. The first kappa shape index (κ1) is 6.76. The van der Waals surface area contributed by atoms with Crippen molar-refractivity contribution in [2.45, 2.75) is 13.8 Å². The van der Waals surface area contributed by atoms with Gasteiger partial charge in [0.05, 0.1) is 0 Å². The second-order valence-electron chi connectivity index (χ2n) is 2.27. The van der Waals surface area contributed by atoms with Gasteiger partial charge in [0.15, 0.2) is 0 Å². The topological polar surface area (TPSA) is 36.7 Å². The van der Waals surface area contributed by atoms with Gasteiger partial charge in [0, 0.05) is 6.20 Å². The predicted molar refractivity (Wildman–Crippen MR) is 38.4 cm³/mol. The van der Waals surface area contributed by atoms with Crippen LogP contribution in [0.15, 0.2) is 12.3 Å². The van der Waals surface area contributed by atoms with Gasteiger partial charge in [-0.05, 0) is 31.0 Å². The van der Waals surface area contributed by atoms with Gasteiger partial charge in [-0.3, -0.25) is 0 Å². The summed E-state index contributed by atoms with van der Waals surface area (Å²) in [6.07, 6.45) is 1.72. The summed E-state index contributed by atoms with van der Waals surface area (Å²) >= 11 is 0. The van der Waals surface area contributed by atoms with E-state index in [2.05, 4.69) is 4.98 Å². The van der Waals surface area contributed by atoms with E-state index in [1.54, 1.807) is 12.3 Å². The molecule has 0 amide bonds. The minimum atomic E-state index is 0.489. The zero-order valence-corrected chi connectivity index (χ0v) is 6.05. The van der Waals surface area contributed by atoms with Crippen LogP contribution < -0.4 is 0 Å². The zero-order chi connectivity index (χ0) is 7.56. The van der Waals surface area contributed by atoms with Gasteiger partial charge in [-0.1, -0.05) is 0 Å². The van der Waals surface area contributed by atoms with Crippen LogP contribution in [-0.4, -0.2) is 4.98 Å². The molecular formula is C8H8N2. The Morgan fingerprint density at radius 3 is 2.60 bits per heavy atom. The molecule has 0 radical (unpaired) electrons. The Kier molecular flexibility index (Phi) is 1.68. The van der Waals surface area contributed by atoms with Crippen molar-refractivity contribution in [2.75, 3.05) is 0 Å². The SMILES string of the molecule is Cc1cnc(C#N)cc1C. The van der Waals surface area contributed by atoms with Gasteiger partial charge in [-0.15, -0.1) is 0 Å². The predicted octanol–water partition coefficient (Wildman–Crippen LogP) is 1.57. The van der Waals surface area contributed by atoms with E-state index in [1.807, 2.05) is 19.9 Å². The van der Waals surface area contributed by atoms with Gasteiger partial charge in [-0.25, -0.2) is 4.98 Å². The van der Waals surface area contributed by atoms with Crippen molar-refractivity contribution in [3.63, 3.8) is 0 Å². The number of hydrogen-bond acceptors (Lipinski definition) is 2. The molecule has 2 heteroatoms. The summed E-state index contributed by atoms with van der Waals surface area (Å²) in [7, 11) is 0. The molecule has 1 aromatic rings. The van der Waals surface area contributed by atoms with Crippen LogP contribution in [0, 0.1) is 25.2 Å². The van der Waals surface area contributed by atoms with Gasteiger partial charge in [-0.2, -0.15) is 5.26 Å². The van der Waals surface area contributed by atoms with Crippen LogP contribution in [0.25, 0.3) is 0 Å². The summed E-state index contributed by atoms with van der Waals surface area (Å²) in [5.41, 5.74) is 2.73. The molecule has 0 aromatic carbocycles. The van der Waals surface area contributed by atoms with Gasteiger partial charge < -0.3 is 0 Å². The molecule has 0 aliphatic heterocycles. The first-order valence-corrected chi connectivity index (χ1v) is 3.07. The third kappa shape index (κ3) is 1.14. The van der Waals surface area contributed by atoms with E-state index >= 15 is 0 Å². The van der Waals surface area contributed by atoms with Crippen LogP contribution in [0.1, 0.15) is 16.8 Å². The minimum Gasteiger partial charge on any atom is -0.245 e. The van der Waals surface area contributed by atoms with E-state index in [-0.39, 0.29) is 0 Å². The Morgan fingerprint density at radius 2 is 2.10 bits per heavy atom. The summed E-state index contributed by atoms with van der Waals surface area (Å²) in [5.74, 6) is 0. The molecule has 0 aliphatic carbocycles. The maximum Gasteiger partial charge on any atom is 0.140 e. The summed E-state index contributed by atoms with van der Waals surface area (Å²) in [5, 5.41) is 8.44. The molecule has 0 atom stereocenters. The zero-order valence-electron chi connectivity index (χ0n) is 6.05. The molecule has 1 rings (SSSR count). The van der Waals surface area contributed by atoms with Crippen molar-refractivity contribution >= 4 is 0 Å². The van der Waals surface area contributed by atoms with E-state index in [0.29, 0.717) is 5.69 Å². The van der Waals surface area contributed by atoms with E-state index in [9.17, 15) is 0 Å². The fourth-order valence-electron chi connectivity index (χ4n) is 0.686. The molecule has 10 heavy (non-hydrogen) atoms. The molecule has 0 bridgehead atoms. The van der Waals surface area contributed by atoms with Crippen molar-refractivity contribution in [1.29, 1.82) is 5.26 Å². The summed E-state index contributed by atoms with van der Waals surface area (Å²) in [6.45, 7) is 3.95. The molecule has 0 saturated carbocycles. The molecule has 0 fully saturated rings. The monoisotopic (exact) mass is 132 g/mol. The molecular weight excluding hydrogens is 124 g/mol. The molecule has 1 aromatic heterocycles. The van der Waals surface area contributed by atoms with Crippen LogP contribution >= 0.6 is 0 Å². The van der Waals surface area contributed by atoms with E-state index in [0.717, 1.165) is 11.1 Å². The van der Waals surface area contributed by atoms with Crippen LogP contribution in [0.3, 0.4) is 0 Å². The highest BCUT2D eigenvalue weighted by atomic mass is 14.7. The number of nitrogens with zero attached hydrogens (tertiary/aromatic N) is 2. The van der Waals surface area contributed by atoms with E-state index < -0.39 is 0 Å². The van der Waals surface area contributed by atoms with E-state index in [1.165, 1.54) is 0 Å². The Bertz CT molecular complexity index is 284. The van der Waals surface area contributed by atoms with Crippen molar-refractivity contribution in [3.05, 3.63) is 29.1 Å². The molecule has 0 N–H and O–H groups in total. The second-order valence-corrected chi connectivity index (χ2v) is 2.27. The molecule has 0 saturated heterocycles. The Labute approximate surface area is 60.1 Å². The maximum atomic E-state index is 8.44. The van der Waals surface area contributed by atoms with Crippen molar-refractivity contribution < 1.29 is 0 Å². The largest absolute Gasteiger partial charge is 0.245 e. The highest BCUT2D eigenvalue weighted by Crippen LogP contribution is 2.04. The lowest BCUT2D eigenvalue weighted by Gasteiger charge is -1.96. The molecule has 1 heterocycles. The van der Waals surface area contributed by atoms with Gasteiger partial charge >= 0.3 is 0 Å². The number of aromatic nitrogens is 1.